The zero-order valence-corrected chi connectivity index (χ0v) is 20.6. The quantitative estimate of drug-likeness (QED) is 0.136. The summed E-state index contributed by atoms with van der Waals surface area (Å²) in [5, 5.41) is 4.12. The van der Waals surface area contributed by atoms with Crippen molar-refractivity contribution in [2.45, 2.75) is 134 Å². The molecule has 0 fully saturated rings. The predicted octanol–water partition coefficient (Wildman–Crippen LogP) is -1.36. The Labute approximate surface area is 388 Å². The van der Waals surface area contributed by atoms with Crippen LogP contribution in [-0.4, -0.2) is 0 Å². The molecule has 13 heteroatoms. The molecule has 0 aromatic carbocycles. The largest absolute Gasteiger partial charge is 1.00 e. The Hall–Kier alpha value is 5.39. The van der Waals surface area contributed by atoms with Crippen LogP contribution in [0.25, 0.3) is 16.6 Å². The van der Waals surface area contributed by atoms with Crippen LogP contribution in [0.2, 0.25) is 7.06 Å². The average Bonchev–Trinajstić information content (AvgIpc) is 2.17. The summed E-state index contributed by atoms with van der Waals surface area (Å²) in [6.45, 7) is 0. The van der Waals surface area contributed by atoms with E-state index in [2.05, 4.69) is 16.0 Å². The summed E-state index contributed by atoms with van der Waals surface area (Å²) in [4.78, 5) is 0. The summed E-state index contributed by atoms with van der Waals surface area (Å²) in [5.41, 5.74) is 17.0. The first kappa shape index (κ1) is 151. The van der Waals surface area contributed by atoms with Crippen molar-refractivity contribution in [3.05, 3.63) is 16.6 Å². The topological polar surface area (TPSA) is 160 Å². The standard InChI is InChI=1S/18CH4.4K.N5.H6N4.H/c;;;;;;;;;;;;;;;;;;;;;;1-3-5-4-2;1-3-4-2;/h18*1H4;;;;;;3-4H,1-2H2;/q;;;;;;;;;;;;;;;;;;4*+1;-3;;-1/i/hD5. The van der Waals surface area contributed by atoms with Gasteiger partial charge < -0.3 is 28.5 Å². The monoisotopic (exact) mass is 583 g/mol. The van der Waals surface area contributed by atoms with Gasteiger partial charge in [0, 0.05) is 0 Å². The van der Waals surface area contributed by atoms with Gasteiger partial charge in [0.1, 0.15) is 4.24 Å². The molecule has 0 heterocycles. The van der Waals surface area contributed by atoms with E-state index in [0.717, 1.165) is 0 Å². The number of hydrazine groups is 3. The third-order valence-corrected chi connectivity index (χ3v) is 0.125. The Bertz CT molecular complexity index is 193. The van der Waals surface area contributed by atoms with Gasteiger partial charge in [0.2, 0.25) is 0 Å². The first-order chi connectivity index (χ1) is 6.51. The smallest absolute Gasteiger partial charge is 1.00 e. The molecule has 200 valence electrons. The van der Waals surface area contributed by atoms with E-state index in [4.69, 9.17) is 18.1 Å². The summed E-state index contributed by atoms with van der Waals surface area (Å²) >= 11 is 0. The van der Waals surface area contributed by atoms with Crippen LogP contribution in [0.1, 0.15) is 135 Å². The first-order valence-electron chi connectivity index (χ1n) is 3.71. The van der Waals surface area contributed by atoms with Crippen molar-refractivity contribution >= 4 is 0 Å². The molecule has 0 aromatic rings. The summed E-state index contributed by atoms with van der Waals surface area (Å²) in [6.07, 6.45) is 0. The predicted molar refractivity (Wildman–Crippen MR) is 152 cm³/mol. The first-order valence-corrected chi connectivity index (χ1v) is 1.42. The van der Waals surface area contributed by atoms with Gasteiger partial charge in [-0.05, 0) is 0 Å². The van der Waals surface area contributed by atoms with Gasteiger partial charge in [0.15, 0.2) is 2.82 Å². The number of nitrogens with two attached hydrogens (primary N) is 2. The van der Waals surface area contributed by atoms with Crippen molar-refractivity contribution in [1.82, 2.24) is 11.1 Å². The molecule has 0 radical (unpaired) electrons. The normalized spacial score (nSPS) is 4.55. The molecule has 0 atom stereocenters. The van der Waals surface area contributed by atoms with Crippen LogP contribution in [0.3, 0.4) is 0 Å². The third kappa shape index (κ3) is 561. The Kier molecular flexibility index (Phi) is 1890. The minimum absolute atomic E-state index is 0. The van der Waals surface area contributed by atoms with Crippen molar-refractivity contribution in [3.63, 3.8) is 0 Å². The fourth-order valence-corrected chi connectivity index (χ4v) is 0.0179. The molecular weight excluding hydrogens is 499 g/mol. The molecule has 0 bridgehead atoms. The van der Waals surface area contributed by atoms with Gasteiger partial charge in [0.05, 0.1) is 0 Å². The third-order valence-electron chi connectivity index (χ3n) is 0.125. The van der Waals surface area contributed by atoms with E-state index in [0.29, 0.717) is 0 Å². The summed E-state index contributed by atoms with van der Waals surface area (Å²) in [5.74, 6) is 1.28. The molecule has 0 spiro atoms. The van der Waals surface area contributed by atoms with Gasteiger partial charge in [-0.3, -0.25) is 11.7 Å². The van der Waals surface area contributed by atoms with Crippen molar-refractivity contribution in [3.8, 4) is 0 Å². The van der Waals surface area contributed by atoms with Crippen LogP contribution < -0.4 is 228 Å². The van der Waals surface area contributed by atoms with E-state index in [1.807, 2.05) is 0 Å². The molecule has 0 amide bonds. The van der Waals surface area contributed by atoms with E-state index in [-0.39, 0.29) is 358 Å². The minimum atomic E-state index is -0.172. The summed E-state index contributed by atoms with van der Waals surface area (Å²) in [6, 6.07) is 0. The van der Waals surface area contributed by atoms with Crippen LogP contribution in [0.4, 0.5) is 0 Å². The second-order valence-corrected chi connectivity index (χ2v) is 0.458. The molecule has 31 heavy (non-hydrogen) atoms. The van der Waals surface area contributed by atoms with Crippen LogP contribution in [0, 0.1) is 0 Å². The molecule has 0 rings (SSSR count). The summed E-state index contributed by atoms with van der Waals surface area (Å²) < 4.78 is 32.1. The Balaban J connectivity index is -0.00000000214. The fourth-order valence-electron chi connectivity index (χ4n) is 0.0179. The fraction of sp³-hybridized carbons (Fsp3) is 1.00. The van der Waals surface area contributed by atoms with Gasteiger partial charge in [-0.1, -0.05) is 134 Å². The Morgan fingerprint density at radius 3 is 0.774 bits per heavy atom. The maximum Gasteiger partial charge on any atom is 1.00 e. The molecule has 9 nitrogen and oxygen atoms in total. The van der Waals surface area contributed by atoms with Gasteiger partial charge in [0.25, 0.3) is 0 Å². The number of nitrogens with one attached hydrogen (secondary N) is 2. The van der Waals surface area contributed by atoms with Gasteiger partial charge in [-0.25, -0.2) is 0 Å². The van der Waals surface area contributed by atoms with Crippen LogP contribution in [0.15, 0.2) is 10.4 Å². The molecule has 0 aliphatic heterocycles. The van der Waals surface area contributed by atoms with E-state index in [1.54, 1.807) is 0 Å². The van der Waals surface area contributed by atoms with E-state index in [1.165, 1.54) is 5.84 Å². The van der Waals surface area contributed by atoms with Crippen LogP contribution in [-0.2, 0) is 0 Å². The molecule has 0 aliphatic carbocycles. The van der Waals surface area contributed by atoms with Gasteiger partial charge in [-0.15, -0.1) is 0 Å². The van der Waals surface area contributed by atoms with Crippen molar-refractivity contribution < 1.29 is 214 Å². The number of hydrogen-bond donors (Lipinski definition) is 4. The second kappa shape index (κ2) is 388. The van der Waals surface area contributed by atoms with Crippen molar-refractivity contribution in [2.75, 3.05) is 0 Å². The van der Waals surface area contributed by atoms with E-state index < -0.39 is 0 Å². The summed E-state index contributed by atoms with van der Waals surface area (Å²) in [7, 11) is 0. The van der Waals surface area contributed by atoms with Crippen LogP contribution in [0.5, 0.6) is 0 Å². The number of rotatable bonds is 5. The molecular formula is C18H79K4N9. The molecule has 0 saturated carbocycles. The van der Waals surface area contributed by atoms with Gasteiger partial charge >= 0.3 is 206 Å². The number of nitrogens with zero attached hydrogens (tertiary/aromatic N) is 5. The molecule has 0 aromatic heterocycles. The SMILES string of the molecule is C.C.C.C.C.C.C.C.C.C.C.C.C.C.C.C.C.C.[2H]NN([2H])N([2H])N([2H])[2H].[H-].[K+].[K+].[K+].[K+].[N-]=N[N-]N=[N-]. The average molecular weight is 583 g/mol. The maximum absolute atomic E-state index is 7.27. The van der Waals surface area contributed by atoms with E-state index >= 15 is 0 Å². The minimum Gasteiger partial charge on any atom is -1.00 e. The molecule has 0 saturated heterocycles. The Morgan fingerprint density at radius 2 is 0.742 bits per heavy atom. The maximum atomic E-state index is 7.27. The number of hydrogen-bond acceptors (Lipinski definition) is 6. The zero-order chi connectivity index (χ0) is 11.6. The van der Waals surface area contributed by atoms with E-state index in [9.17, 15) is 0 Å². The molecule has 0 unspecified atom stereocenters. The zero-order valence-electron chi connectivity index (χ0n) is 14.1. The van der Waals surface area contributed by atoms with Crippen molar-refractivity contribution in [2.24, 2.45) is 22.1 Å². The molecule has 6 N–H and O–H groups in total. The van der Waals surface area contributed by atoms with Crippen molar-refractivity contribution in [1.29, 1.82) is 0 Å². The Morgan fingerprint density at radius 1 is 0.548 bits per heavy atom. The second-order valence-electron chi connectivity index (χ2n) is 0.458. The van der Waals surface area contributed by atoms with Crippen LogP contribution >= 0.6 is 0 Å². The molecule has 0 aliphatic rings. The van der Waals surface area contributed by atoms with Gasteiger partial charge in [-0.2, -0.15) is 11.1 Å².